The number of halogens is 1. The standard InChI is InChI=1S/C20H25BrN2O2.C2H2O4/c1-24-18-11-16(12-19(13-18)25-2)14-22-7-9-23(10-8-22)15-17-5-3-4-6-20(17)21;3-1(4)2(5)6/h3-6,11-13H,7-10,14-15H2,1-2H3;(H,3,4)(H,5,6). The number of methoxy groups -OCH3 is 2. The molecule has 3 rings (SSSR count). The van der Waals surface area contributed by atoms with Gasteiger partial charge in [0.25, 0.3) is 0 Å². The molecule has 1 aliphatic rings. The molecule has 0 spiro atoms. The number of hydrogen-bond donors (Lipinski definition) is 2. The van der Waals surface area contributed by atoms with Crippen LogP contribution in [0.3, 0.4) is 0 Å². The summed E-state index contributed by atoms with van der Waals surface area (Å²) in [6.45, 7) is 6.25. The van der Waals surface area contributed by atoms with E-state index in [2.05, 4.69) is 62.1 Å². The lowest BCUT2D eigenvalue weighted by Gasteiger charge is -2.35. The predicted octanol–water partition coefficient (Wildman–Crippen LogP) is 2.94. The Morgan fingerprint density at radius 1 is 0.871 bits per heavy atom. The molecule has 1 fully saturated rings. The van der Waals surface area contributed by atoms with Crippen LogP contribution in [0.25, 0.3) is 0 Å². The second kappa shape index (κ2) is 12.3. The maximum Gasteiger partial charge on any atom is 0.414 e. The molecule has 0 atom stereocenters. The summed E-state index contributed by atoms with van der Waals surface area (Å²) in [5.74, 6) is -1.95. The molecule has 2 N–H and O–H groups in total. The van der Waals surface area contributed by atoms with Gasteiger partial charge >= 0.3 is 11.9 Å². The number of carboxylic acids is 2. The molecule has 0 saturated carbocycles. The Balaban J connectivity index is 0.000000501. The SMILES string of the molecule is COc1cc(CN2CCN(Cc3ccccc3Br)CC2)cc(OC)c1.O=C(O)C(=O)O. The Hall–Kier alpha value is -2.62. The fourth-order valence-corrected chi connectivity index (χ4v) is 3.60. The number of hydrogen-bond acceptors (Lipinski definition) is 6. The third kappa shape index (κ3) is 8.20. The van der Waals surface area contributed by atoms with E-state index in [9.17, 15) is 0 Å². The molecule has 0 amide bonds. The summed E-state index contributed by atoms with van der Waals surface area (Å²) in [6, 6.07) is 14.6. The van der Waals surface area contributed by atoms with Crippen molar-refractivity contribution in [3.8, 4) is 11.5 Å². The monoisotopic (exact) mass is 494 g/mol. The summed E-state index contributed by atoms with van der Waals surface area (Å²) in [7, 11) is 3.39. The van der Waals surface area contributed by atoms with Crippen molar-refractivity contribution in [1.29, 1.82) is 0 Å². The maximum atomic E-state index is 9.10. The first kappa shape index (κ1) is 24.6. The van der Waals surface area contributed by atoms with E-state index in [0.29, 0.717) is 0 Å². The lowest BCUT2D eigenvalue weighted by molar-refractivity contribution is -0.159. The number of rotatable bonds is 6. The zero-order chi connectivity index (χ0) is 22.8. The van der Waals surface area contributed by atoms with Gasteiger partial charge in [0.05, 0.1) is 14.2 Å². The number of carbonyl (C=O) groups is 2. The van der Waals surface area contributed by atoms with Crippen LogP contribution in [-0.2, 0) is 22.7 Å². The number of carboxylic acid groups (broad SMARTS) is 2. The first-order chi connectivity index (χ1) is 14.8. The van der Waals surface area contributed by atoms with E-state index in [-0.39, 0.29) is 0 Å². The summed E-state index contributed by atoms with van der Waals surface area (Å²) < 4.78 is 11.9. The highest BCUT2D eigenvalue weighted by Gasteiger charge is 2.18. The average Bonchev–Trinajstić information content (AvgIpc) is 2.76. The van der Waals surface area contributed by atoms with Crippen LogP contribution >= 0.6 is 15.9 Å². The van der Waals surface area contributed by atoms with Gasteiger partial charge in [0, 0.05) is 49.8 Å². The normalized spacial score (nSPS) is 14.3. The van der Waals surface area contributed by atoms with Crippen LogP contribution < -0.4 is 9.47 Å². The van der Waals surface area contributed by atoms with Crippen LogP contribution in [0, 0.1) is 0 Å². The van der Waals surface area contributed by atoms with Gasteiger partial charge in [-0.05, 0) is 29.3 Å². The van der Waals surface area contributed by atoms with Gasteiger partial charge in [0.2, 0.25) is 0 Å². The van der Waals surface area contributed by atoms with Gasteiger partial charge in [-0.3, -0.25) is 9.80 Å². The maximum absolute atomic E-state index is 9.10. The Morgan fingerprint density at radius 2 is 1.35 bits per heavy atom. The van der Waals surface area contributed by atoms with Crippen LogP contribution in [0.4, 0.5) is 0 Å². The van der Waals surface area contributed by atoms with Crippen molar-refractivity contribution in [3.63, 3.8) is 0 Å². The minimum Gasteiger partial charge on any atom is -0.497 e. The number of ether oxygens (including phenoxy) is 2. The molecule has 1 aliphatic heterocycles. The highest BCUT2D eigenvalue weighted by Crippen LogP contribution is 2.24. The molecular weight excluding hydrogens is 468 g/mol. The van der Waals surface area contributed by atoms with Crippen LogP contribution in [0.1, 0.15) is 11.1 Å². The number of aliphatic carboxylic acids is 2. The van der Waals surface area contributed by atoms with Gasteiger partial charge in [0.15, 0.2) is 0 Å². The van der Waals surface area contributed by atoms with Crippen molar-refractivity contribution >= 4 is 27.9 Å². The molecule has 9 heteroatoms. The van der Waals surface area contributed by atoms with E-state index in [4.69, 9.17) is 29.3 Å². The molecule has 8 nitrogen and oxygen atoms in total. The zero-order valence-corrected chi connectivity index (χ0v) is 19.2. The Kier molecular flexibility index (Phi) is 9.77. The minimum absolute atomic E-state index is 0.849. The topological polar surface area (TPSA) is 99.5 Å². The highest BCUT2D eigenvalue weighted by atomic mass is 79.9. The molecule has 0 unspecified atom stereocenters. The molecule has 168 valence electrons. The minimum atomic E-state index is -1.82. The summed E-state index contributed by atoms with van der Waals surface area (Å²) in [5.41, 5.74) is 2.59. The summed E-state index contributed by atoms with van der Waals surface area (Å²) in [4.78, 5) is 23.2. The second-order valence-corrected chi connectivity index (χ2v) is 7.83. The molecule has 0 aliphatic carbocycles. The lowest BCUT2D eigenvalue weighted by atomic mass is 10.1. The van der Waals surface area contributed by atoms with Crippen LogP contribution in [0.15, 0.2) is 46.9 Å². The lowest BCUT2D eigenvalue weighted by Crippen LogP contribution is -2.45. The molecule has 31 heavy (non-hydrogen) atoms. The number of benzene rings is 2. The molecule has 1 heterocycles. The van der Waals surface area contributed by atoms with E-state index >= 15 is 0 Å². The number of piperazine rings is 1. The average molecular weight is 495 g/mol. The van der Waals surface area contributed by atoms with Crippen molar-refractivity contribution in [1.82, 2.24) is 9.80 Å². The first-order valence-corrected chi connectivity index (χ1v) is 10.5. The van der Waals surface area contributed by atoms with Crippen LogP contribution in [0.5, 0.6) is 11.5 Å². The number of nitrogens with zero attached hydrogens (tertiary/aromatic N) is 2. The summed E-state index contributed by atoms with van der Waals surface area (Å²) in [5, 5.41) is 14.8. The van der Waals surface area contributed by atoms with Gasteiger partial charge in [-0.1, -0.05) is 34.1 Å². The van der Waals surface area contributed by atoms with E-state index in [1.165, 1.54) is 15.6 Å². The van der Waals surface area contributed by atoms with Gasteiger partial charge in [-0.15, -0.1) is 0 Å². The van der Waals surface area contributed by atoms with E-state index in [1.54, 1.807) is 14.2 Å². The van der Waals surface area contributed by atoms with Crippen molar-refractivity contribution in [2.45, 2.75) is 13.1 Å². The third-order valence-corrected chi connectivity index (χ3v) is 5.59. The molecular formula is C22H27BrN2O6. The van der Waals surface area contributed by atoms with E-state index < -0.39 is 11.9 Å². The quantitative estimate of drug-likeness (QED) is 0.591. The predicted molar refractivity (Wildman–Crippen MR) is 120 cm³/mol. The van der Waals surface area contributed by atoms with Gasteiger partial charge < -0.3 is 19.7 Å². The summed E-state index contributed by atoms with van der Waals surface area (Å²) >= 11 is 3.65. The Labute approximate surface area is 190 Å². The van der Waals surface area contributed by atoms with Crippen LogP contribution in [0.2, 0.25) is 0 Å². The van der Waals surface area contributed by atoms with Gasteiger partial charge in [-0.25, -0.2) is 9.59 Å². The van der Waals surface area contributed by atoms with Gasteiger partial charge in [0.1, 0.15) is 11.5 Å². The molecule has 2 aromatic rings. The fourth-order valence-electron chi connectivity index (χ4n) is 3.19. The fraction of sp³-hybridized carbons (Fsp3) is 0.364. The Bertz CT molecular complexity index is 850. The largest absolute Gasteiger partial charge is 0.497 e. The molecule has 0 aromatic heterocycles. The zero-order valence-electron chi connectivity index (χ0n) is 17.6. The van der Waals surface area contributed by atoms with Crippen molar-refractivity contribution in [2.24, 2.45) is 0 Å². The first-order valence-electron chi connectivity index (χ1n) is 9.68. The molecule has 0 radical (unpaired) electrons. The molecule has 0 bridgehead atoms. The molecule has 1 saturated heterocycles. The summed E-state index contributed by atoms with van der Waals surface area (Å²) in [6.07, 6.45) is 0. The highest BCUT2D eigenvalue weighted by molar-refractivity contribution is 9.10. The molecule has 2 aromatic carbocycles. The van der Waals surface area contributed by atoms with Crippen molar-refractivity contribution in [2.75, 3.05) is 40.4 Å². The second-order valence-electron chi connectivity index (χ2n) is 6.97. The van der Waals surface area contributed by atoms with Crippen molar-refractivity contribution < 1.29 is 29.3 Å². The van der Waals surface area contributed by atoms with Gasteiger partial charge in [-0.2, -0.15) is 0 Å². The van der Waals surface area contributed by atoms with E-state index in [0.717, 1.165) is 50.8 Å². The Morgan fingerprint density at radius 3 is 1.81 bits per heavy atom. The third-order valence-electron chi connectivity index (χ3n) is 4.82. The van der Waals surface area contributed by atoms with Crippen LogP contribution in [-0.4, -0.2) is 72.4 Å². The smallest absolute Gasteiger partial charge is 0.414 e. The van der Waals surface area contributed by atoms with Crippen molar-refractivity contribution in [3.05, 3.63) is 58.1 Å². The van der Waals surface area contributed by atoms with E-state index in [1.807, 2.05) is 6.07 Å².